The van der Waals surface area contributed by atoms with Crippen LogP contribution in [0.2, 0.25) is 0 Å². The maximum Gasteiger partial charge on any atom is 0.277 e. The van der Waals surface area contributed by atoms with Crippen molar-refractivity contribution >= 4 is 11.8 Å². The molecular weight excluding hydrogens is 362 g/mol. The normalized spacial score (nSPS) is 10.9. The zero-order valence-electron chi connectivity index (χ0n) is 14.6. The molecule has 0 N–H and O–H groups in total. The van der Waals surface area contributed by atoms with Crippen LogP contribution in [0.25, 0.3) is 11.5 Å². The third kappa shape index (κ3) is 4.35. The van der Waals surface area contributed by atoms with Gasteiger partial charge in [0.25, 0.3) is 5.22 Å². The minimum absolute atomic E-state index is 0.441. The van der Waals surface area contributed by atoms with Crippen molar-refractivity contribution in [2.45, 2.75) is 17.6 Å². The molecule has 0 aliphatic carbocycles. The molecule has 27 heavy (non-hydrogen) atoms. The highest BCUT2D eigenvalue weighted by Crippen LogP contribution is 2.26. The van der Waals surface area contributed by atoms with Crippen molar-refractivity contribution in [1.82, 2.24) is 24.7 Å². The predicted molar refractivity (Wildman–Crippen MR) is 101 cm³/mol. The second-order valence-electron chi connectivity index (χ2n) is 5.79. The van der Waals surface area contributed by atoms with E-state index in [2.05, 4.69) is 20.2 Å². The second-order valence-corrected chi connectivity index (χ2v) is 6.72. The summed E-state index contributed by atoms with van der Waals surface area (Å²) in [6, 6.07) is 11.7. The molecule has 3 heterocycles. The molecule has 3 aromatic heterocycles. The standard InChI is InChI=1S/C19H17N5O2S/c1-24-10-9-21-17(24)12-25-16-6-4-14(5-7-16)13-27-19-23-22-18(26-19)15-3-2-8-20-11-15/h2-11H,12-13H2,1H3. The molecule has 136 valence electrons. The monoisotopic (exact) mass is 379 g/mol. The molecule has 8 heteroatoms. The zero-order valence-corrected chi connectivity index (χ0v) is 15.5. The fourth-order valence-corrected chi connectivity index (χ4v) is 3.10. The summed E-state index contributed by atoms with van der Waals surface area (Å²) in [7, 11) is 1.95. The number of aryl methyl sites for hydroxylation is 1. The summed E-state index contributed by atoms with van der Waals surface area (Å²) in [5.41, 5.74) is 1.96. The maximum atomic E-state index is 5.76. The summed E-state index contributed by atoms with van der Waals surface area (Å²) in [4.78, 5) is 8.30. The first-order valence-electron chi connectivity index (χ1n) is 8.32. The van der Waals surface area contributed by atoms with E-state index in [4.69, 9.17) is 9.15 Å². The van der Waals surface area contributed by atoms with Gasteiger partial charge in [-0.3, -0.25) is 4.98 Å². The smallest absolute Gasteiger partial charge is 0.277 e. The summed E-state index contributed by atoms with van der Waals surface area (Å²) in [5, 5.41) is 8.67. The van der Waals surface area contributed by atoms with E-state index in [9.17, 15) is 0 Å². The quantitative estimate of drug-likeness (QED) is 0.453. The van der Waals surface area contributed by atoms with Gasteiger partial charge < -0.3 is 13.7 Å². The number of hydrogen-bond acceptors (Lipinski definition) is 7. The summed E-state index contributed by atoms with van der Waals surface area (Å²) < 4.78 is 13.4. The molecule has 0 saturated carbocycles. The molecule has 0 fully saturated rings. The van der Waals surface area contributed by atoms with Crippen LogP contribution in [-0.4, -0.2) is 24.7 Å². The van der Waals surface area contributed by atoms with Crippen molar-refractivity contribution in [3.05, 3.63) is 72.6 Å². The Bertz CT molecular complexity index is 998. The van der Waals surface area contributed by atoms with Crippen molar-refractivity contribution in [3.63, 3.8) is 0 Å². The highest BCUT2D eigenvalue weighted by atomic mass is 32.2. The molecule has 7 nitrogen and oxygen atoms in total. The molecule has 0 unspecified atom stereocenters. The molecule has 0 spiro atoms. The first-order chi connectivity index (χ1) is 13.3. The van der Waals surface area contributed by atoms with Crippen LogP contribution in [0, 0.1) is 0 Å². The van der Waals surface area contributed by atoms with E-state index in [1.54, 1.807) is 18.6 Å². The average molecular weight is 379 g/mol. The van der Waals surface area contributed by atoms with Crippen molar-refractivity contribution in [2.24, 2.45) is 7.05 Å². The van der Waals surface area contributed by atoms with E-state index >= 15 is 0 Å². The van der Waals surface area contributed by atoms with Gasteiger partial charge in [0.15, 0.2) is 0 Å². The number of imidazole rings is 1. The number of ether oxygens (including phenoxy) is 1. The molecule has 0 bridgehead atoms. The Labute approximate surface area is 160 Å². The van der Waals surface area contributed by atoms with E-state index in [0.717, 1.165) is 28.5 Å². The Morgan fingerprint density at radius 1 is 1.11 bits per heavy atom. The number of rotatable bonds is 7. The van der Waals surface area contributed by atoms with Gasteiger partial charge in [0.05, 0.1) is 5.56 Å². The number of aromatic nitrogens is 5. The Morgan fingerprint density at radius 2 is 2.00 bits per heavy atom. The van der Waals surface area contributed by atoms with Crippen LogP contribution in [0.15, 0.2) is 70.8 Å². The minimum Gasteiger partial charge on any atom is -0.486 e. The van der Waals surface area contributed by atoms with Crippen LogP contribution < -0.4 is 4.74 Å². The van der Waals surface area contributed by atoms with E-state index < -0.39 is 0 Å². The summed E-state index contributed by atoms with van der Waals surface area (Å²) in [5.74, 6) is 2.90. The molecule has 4 aromatic rings. The Hall–Kier alpha value is -3.13. The molecule has 4 rings (SSSR count). The van der Waals surface area contributed by atoms with Crippen molar-refractivity contribution < 1.29 is 9.15 Å². The number of nitrogens with zero attached hydrogens (tertiary/aromatic N) is 5. The van der Waals surface area contributed by atoms with Gasteiger partial charge in [-0.2, -0.15) is 0 Å². The van der Waals surface area contributed by atoms with Gasteiger partial charge in [-0.1, -0.05) is 23.9 Å². The minimum atomic E-state index is 0.441. The Kier molecular flexibility index (Phi) is 5.15. The fourth-order valence-electron chi connectivity index (χ4n) is 2.38. The van der Waals surface area contributed by atoms with Crippen molar-refractivity contribution in [1.29, 1.82) is 0 Å². The first kappa shape index (κ1) is 17.3. The van der Waals surface area contributed by atoms with E-state index in [1.807, 2.05) is 54.2 Å². The molecule has 0 amide bonds. The van der Waals surface area contributed by atoms with Gasteiger partial charge in [-0.25, -0.2) is 4.98 Å². The lowest BCUT2D eigenvalue weighted by Crippen LogP contribution is -2.02. The van der Waals surface area contributed by atoms with Gasteiger partial charge in [0.2, 0.25) is 5.89 Å². The van der Waals surface area contributed by atoms with Gasteiger partial charge in [-0.05, 0) is 29.8 Å². The number of pyridine rings is 1. The van der Waals surface area contributed by atoms with Crippen LogP contribution >= 0.6 is 11.8 Å². The molecule has 0 radical (unpaired) electrons. The first-order valence-corrected chi connectivity index (χ1v) is 9.31. The van der Waals surface area contributed by atoms with E-state index in [0.29, 0.717) is 17.7 Å². The molecule has 0 saturated heterocycles. The fraction of sp³-hybridized carbons (Fsp3) is 0.158. The number of thioether (sulfide) groups is 1. The average Bonchev–Trinajstić information content (AvgIpc) is 3.35. The summed E-state index contributed by atoms with van der Waals surface area (Å²) in [6.07, 6.45) is 7.07. The Morgan fingerprint density at radius 3 is 2.74 bits per heavy atom. The SMILES string of the molecule is Cn1ccnc1COc1ccc(CSc2nnc(-c3cccnc3)o2)cc1. The lowest BCUT2D eigenvalue weighted by Gasteiger charge is -2.07. The second kappa shape index (κ2) is 8.05. The largest absolute Gasteiger partial charge is 0.486 e. The Balaban J connectivity index is 1.31. The van der Waals surface area contributed by atoms with E-state index in [-0.39, 0.29) is 0 Å². The van der Waals surface area contributed by atoms with Gasteiger partial charge in [0.1, 0.15) is 18.2 Å². The third-order valence-electron chi connectivity index (χ3n) is 3.89. The predicted octanol–water partition coefficient (Wildman–Crippen LogP) is 3.74. The number of benzene rings is 1. The van der Waals surface area contributed by atoms with Crippen LogP contribution in [0.5, 0.6) is 5.75 Å². The lowest BCUT2D eigenvalue weighted by atomic mass is 10.2. The third-order valence-corrected chi connectivity index (χ3v) is 4.78. The topological polar surface area (TPSA) is 78.9 Å². The molecule has 0 aliphatic heterocycles. The van der Waals surface area contributed by atoms with Gasteiger partial charge in [0, 0.05) is 37.6 Å². The maximum absolute atomic E-state index is 5.76. The number of hydrogen-bond donors (Lipinski definition) is 0. The molecular formula is C19H17N5O2S. The van der Waals surface area contributed by atoms with Gasteiger partial charge >= 0.3 is 0 Å². The van der Waals surface area contributed by atoms with Crippen LogP contribution in [-0.2, 0) is 19.4 Å². The summed E-state index contributed by atoms with van der Waals surface area (Å²) in [6.45, 7) is 0.441. The van der Waals surface area contributed by atoms with Crippen molar-refractivity contribution in [3.8, 4) is 17.2 Å². The van der Waals surface area contributed by atoms with E-state index in [1.165, 1.54) is 11.8 Å². The van der Waals surface area contributed by atoms with Crippen LogP contribution in [0.1, 0.15) is 11.4 Å². The molecule has 1 aromatic carbocycles. The van der Waals surface area contributed by atoms with Crippen LogP contribution in [0.4, 0.5) is 0 Å². The zero-order chi connectivity index (χ0) is 18.5. The van der Waals surface area contributed by atoms with Crippen LogP contribution in [0.3, 0.4) is 0 Å². The van der Waals surface area contributed by atoms with Crippen molar-refractivity contribution in [2.75, 3.05) is 0 Å². The molecule has 0 aliphatic rings. The summed E-state index contributed by atoms with van der Waals surface area (Å²) >= 11 is 1.49. The lowest BCUT2D eigenvalue weighted by molar-refractivity contribution is 0.292. The highest BCUT2D eigenvalue weighted by Gasteiger charge is 2.09. The van der Waals surface area contributed by atoms with Gasteiger partial charge in [-0.15, -0.1) is 10.2 Å². The highest BCUT2D eigenvalue weighted by molar-refractivity contribution is 7.98. The molecule has 0 atom stereocenters.